The second-order valence-electron chi connectivity index (χ2n) is 4.11. The summed E-state index contributed by atoms with van der Waals surface area (Å²) in [5.74, 6) is 0.712. The van der Waals surface area contributed by atoms with E-state index < -0.39 is 0 Å². The Kier molecular flexibility index (Phi) is 2.90. The predicted octanol–water partition coefficient (Wildman–Crippen LogP) is 1.66. The van der Waals surface area contributed by atoms with Crippen LogP contribution in [0.5, 0.6) is 0 Å². The van der Waals surface area contributed by atoms with Crippen LogP contribution < -0.4 is 5.32 Å². The number of aromatic nitrogens is 3. The maximum Gasteiger partial charge on any atom is 0.242 e. The molecule has 0 unspecified atom stereocenters. The van der Waals surface area contributed by atoms with Crippen LogP contribution in [-0.2, 0) is 7.05 Å². The molecule has 74 valence electrons. The highest BCUT2D eigenvalue weighted by Gasteiger charge is 2.14. The van der Waals surface area contributed by atoms with Crippen molar-refractivity contribution in [3.05, 3.63) is 6.33 Å². The van der Waals surface area contributed by atoms with Crippen LogP contribution in [0.25, 0.3) is 0 Å². The monoisotopic (exact) mass is 182 g/mol. The minimum Gasteiger partial charge on any atom is -0.352 e. The van der Waals surface area contributed by atoms with Gasteiger partial charge in [-0.1, -0.05) is 20.8 Å². The molecule has 1 heterocycles. The van der Waals surface area contributed by atoms with E-state index in [9.17, 15) is 0 Å². The molecule has 0 saturated carbocycles. The Labute approximate surface area is 79.4 Å². The number of nitrogens with zero attached hydrogens (tertiary/aromatic N) is 3. The Morgan fingerprint density at radius 1 is 1.54 bits per heavy atom. The Balaban J connectivity index is 2.43. The molecule has 0 aliphatic heterocycles. The molecule has 0 fully saturated rings. The normalized spacial score (nSPS) is 11.7. The molecule has 0 aliphatic carbocycles. The van der Waals surface area contributed by atoms with Crippen LogP contribution in [0.1, 0.15) is 27.2 Å². The van der Waals surface area contributed by atoms with E-state index in [1.165, 1.54) is 0 Å². The quantitative estimate of drug-likeness (QED) is 0.770. The van der Waals surface area contributed by atoms with E-state index in [4.69, 9.17) is 0 Å². The summed E-state index contributed by atoms with van der Waals surface area (Å²) >= 11 is 0. The van der Waals surface area contributed by atoms with Crippen molar-refractivity contribution in [1.29, 1.82) is 0 Å². The molecule has 0 saturated heterocycles. The van der Waals surface area contributed by atoms with Gasteiger partial charge in [-0.2, -0.15) is 0 Å². The first-order valence-corrected chi connectivity index (χ1v) is 4.63. The van der Waals surface area contributed by atoms with Crippen molar-refractivity contribution in [1.82, 2.24) is 14.8 Å². The molecule has 1 rings (SSSR count). The molecule has 4 nitrogen and oxygen atoms in total. The zero-order chi connectivity index (χ0) is 9.90. The summed E-state index contributed by atoms with van der Waals surface area (Å²) in [5, 5.41) is 7.36. The third-order valence-electron chi connectivity index (χ3n) is 2.28. The van der Waals surface area contributed by atoms with Crippen molar-refractivity contribution >= 4 is 5.95 Å². The second-order valence-corrected chi connectivity index (χ2v) is 4.11. The predicted molar refractivity (Wildman–Crippen MR) is 53.6 cm³/mol. The molecular weight excluding hydrogens is 164 g/mol. The number of hydrogen-bond donors (Lipinski definition) is 1. The summed E-state index contributed by atoms with van der Waals surface area (Å²) < 4.78 is 1.70. The minimum atomic E-state index is 0.305. The highest BCUT2D eigenvalue weighted by Crippen LogP contribution is 2.19. The van der Waals surface area contributed by atoms with Gasteiger partial charge in [-0.3, -0.25) is 4.68 Å². The Morgan fingerprint density at radius 2 is 2.23 bits per heavy atom. The molecule has 0 aliphatic rings. The summed E-state index contributed by atoms with van der Waals surface area (Å²) in [6.07, 6.45) is 2.84. The third-order valence-corrected chi connectivity index (χ3v) is 2.28. The van der Waals surface area contributed by atoms with Gasteiger partial charge in [-0.25, -0.2) is 4.98 Å². The maximum atomic E-state index is 4.14. The molecule has 0 atom stereocenters. The first-order chi connectivity index (χ1) is 6.03. The zero-order valence-electron chi connectivity index (χ0n) is 8.83. The fraction of sp³-hybridized carbons (Fsp3) is 0.778. The van der Waals surface area contributed by atoms with Crippen molar-refractivity contribution < 1.29 is 0 Å². The van der Waals surface area contributed by atoms with Crippen LogP contribution in [0.3, 0.4) is 0 Å². The van der Waals surface area contributed by atoms with Crippen LogP contribution in [0, 0.1) is 5.41 Å². The summed E-state index contributed by atoms with van der Waals surface area (Å²) in [5.41, 5.74) is 0.305. The lowest BCUT2D eigenvalue weighted by atomic mass is 9.90. The van der Waals surface area contributed by atoms with E-state index >= 15 is 0 Å². The lowest BCUT2D eigenvalue weighted by Crippen LogP contribution is -2.22. The largest absolute Gasteiger partial charge is 0.352 e. The van der Waals surface area contributed by atoms with Crippen molar-refractivity contribution in [2.75, 3.05) is 11.9 Å². The van der Waals surface area contributed by atoms with Crippen molar-refractivity contribution in [2.45, 2.75) is 27.2 Å². The first kappa shape index (κ1) is 10.0. The van der Waals surface area contributed by atoms with Gasteiger partial charge in [-0.05, 0) is 11.8 Å². The summed E-state index contributed by atoms with van der Waals surface area (Å²) in [7, 11) is 1.86. The van der Waals surface area contributed by atoms with E-state index in [0.29, 0.717) is 11.4 Å². The number of nitrogens with one attached hydrogen (secondary N) is 1. The van der Waals surface area contributed by atoms with Crippen molar-refractivity contribution in [3.8, 4) is 0 Å². The van der Waals surface area contributed by atoms with Gasteiger partial charge in [0.2, 0.25) is 5.95 Å². The first-order valence-electron chi connectivity index (χ1n) is 4.63. The molecular formula is C9H18N4. The summed E-state index contributed by atoms with van der Waals surface area (Å²) in [6.45, 7) is 7.55. The zero-order valence-corrected chi connectivity index (χ0v) is 8.83. The topological polar surface area (TPSA) is 42.7 Å². The average Bonchev–Trinajstić information content (AvgIpc) is 2.48. The lowest BCUT2D eigenvalue weighted by molar-refractivity contribution is 0.376. The molecule has 4 heteroatoms. The number of anilines is 1. The van der Waals surface area contributed by atoms with Crippen LogP contribution >= 0.6 is 0 Å². The van der Waals surface area contributed by atoms with E-state index in [0.717, 1.165) is 13.0 Å². The van der Waals surface area contributed by atoms with E-state index in [1.807, 2.05) is 7.05 Å². The van der Waals surface area contributed by atoms with E-state index in [1.54, 1.807) is 11.0 Å². The fourth-order valence-electron chi connectivity index (χ4n) is 0.864. The highest BCUT2D eigenvalue weighted by molar-refractivity contribution is 5.21. The van der Waals surface area contributed by atoms with Gasteiger partial charge in [0, 0.05) is 13.6 Å². The molecule has 1 aromatic rings. The van der Waals surface area contributed by atoms with Crippen LogP contribution in [-0.4, -0.2) is 21.3 Å². The van der Waals surface area contributed by atoms with Crippen molar-refractivity contribution in [2.24, 2.45) is 12.5 Å². The summed E-state index contributed by atoms with van der Waals surface area (Å²) in [6, 6.07) is 0. The standard InChI is InChI=1S/C9H18N4/c1-5-9(2,3)6-10-8-11-7-13(4)12-8/h7H,5-6H2,1-4H3,(H,10,12). The minimum absolute atomic E-state index is 0.305. The highest BCUT2D eigenvalue weighted by atomic mass is 15.4. The van der Waals surface area contributed by atoms with E-state index in [-0.39, 0.29) is 0 Å². The van der Waals surface area contributed by atoms with Crippen LogP contribution in [0.2, 0.25) is 0 Å². The molecule has 0 bridgehead atoms. The molecule has 1 aromatic heterocycles. The number of aryl methyl sites for hydroxylation is 1. The summed E-state index contributed by atoms with van der Waals surface area (Å²) in [4.78, 5) is 4.09. The van der Waals surface area contributed by atoms with Gasteiger partial charge in [0.05, 0.1) is 0 Å². The van der Waals surface area contributed by atoms with Gasteiger partial charge in [0.1, 0.15) is 6.33 Å². The van der Waals surface area contributed by atoms with Crippen LogP contribution in [0.15, 0.2) is 6.33 Å². The van der Waals surface area contributed by atoms with Gasteiger partial charge in [0.15, 0.2) is 0 Å². The van der Waals surface area contributed by atoms with Gasteiger partial charge < -0.3 is 5.32 Å². The molecule has 0 radical (unpaired) electrons. The van der Waals surface area contributed by atoms with Gasteiger partial charge in [-0.15, -0.1) is 5.10 Å². The molecule has 13 heavy (non-hydrogen) atoms. The third kappa shape index (κ3) is 3.05. The van der Waals surface area contributed by atoms with Gasteiger partial charge in [0.25, 0.3) is 0 Å². The lowest BCUT2D eigenvalue weighted by Gasteiger charge is -2.22. The Bertz CT molecular complexity index is 264. The molecule has 0 spiro atoms. The SMILES string of the molecule is CCC(C)(C)CNc1ncn(C)n1. The maximum absolute atomic E-state index is 4.14. The Morgan fingerprint density at radius 3 is 2.69 bits per heavy atom. The molecule has 0 amide bonds. The smallest absolute Gasteiger partial charge is 0.242 e. The van der Waals surface area contributed by atoms with Crippen molar-refractivity contribution in [3.63, 3.8) is 0 Å². The second kappa shape index (κ2) is 3.77. The Hall–Kier alpha value is -1.06. The van der Waals surface area contributed by atoms with Gasteiger partial charge >= 0.3 is 0 Å². The molecule has 1 N–H and O–H groups in total. The number of hydrogen-bond acceptors (Lipinski definition) is 3. The number of rotatable bonds is 4. The molecule has 0 aromatic carbocycles. The fourth-order valence-corrected chi connectivity index (χ4v) is 0.864. The van der Waals surface area contributed by atoms with E-state index in [2.05, 4.69) is 36.2 Å². The average molecular weight is 182 g/mol. The van der Waals surface area contributed by atoms with Crippen LogP contribution in [0.4, 0.5) is 5.95 Å².